The van der Waals surface area contributed by atoms with E-state index in [0.29, 0.717) is 19.5 Å². The number of pyridine rings is 1. The summed E-state index contributed by atoms with van der Waals surface area (Å²) in [5, 5.41) is 0. The molecule has 0 N–H and O–H groups in total. The molecule has 0 aliphatic carbocycles. The van der Waals surface area contributed by atoms with Gasteiger partial charge in [-0.05, 0) is 22.8 Å². The van der Waals surface area contributed by atoms with E-state index >= 15 is 0 Å². The Balaban J connectivity index is 1.71. The van der Waals surface area contributed by atoms with Crippen molar-refractivity contribution in [3.05, 3.63) is 83.7 Å². The maximum atomic E-state index is 12.4. The fourth-order valence-electron chi connectivity index (χ4n) is 3.69. The number of imidazole rings is 1. The largest absolute Gasteiger partial charge is 0.337 e. The van der Waals surface area contributed by atoms with Gasteiger partial charge in [-0.15, -0.1) is 0 Å². The zero-order chi connectivity index (χ0) is 17.9. The number of benzene rings is 1. The predicted octanol–water partition coefficient (Wildman–Crippen LogP) is 3.21. The number of nitrogens with zero attached hydrogens (tertiary/aromatic N) is 4. The van der Waals surface area contributed by atoms with Crippen LogP contribution in [0.3, 0.4) is 0 Å². The van der Waals surface area contributed by atoms with Gasteiger partial charge < -0.3 is 9.47 Å². The van der Waals surface area contributed by atoms with Crippen LogP contribution in [0.25, 0.3) is 0 Å². The SMILES string of the molecule is CCC(=O)N1Cc2ccccc2[C@@H](c2nccn2Cc2cccnc2)C1. The normalized spacial score (nSPS) is 16.3. The molecule has 1 aromatic carbocycles. The lowest BCUT2D eigenvalue weighted by Gasteiger charge is -2.34. The highest BCUT2D eigenvalue weighted by Gasteiger charge is 2.30. The summed E-state index contributed by atoms with van der Waals surface area (Å²) >= 11 is 0. The Bertz CT molecular complexity index is 903. The highest BCUT2D eigenvalue weighted by atomic mass is 16.2. The molecule has 2 aromatic heterocycles. The van der Waals surface area contributed by atoms with E-state index in [0.717, 1.165) is 17.9 Å². The van der Waals surface area contributed by atoms with Gasteiger partial charge in [-0.1, -0.05) is 37.3 Å². The minimum absolute atomic E-state index is 0.0853. The molecule has 0 saturated heterocycles. The number of fused-ring (bicyclic) bond motifs is 1. The van der Waals surface area contributed by atoms with Gasteiger partial charge in [-0.25, -0.2) is 4.98 Å². The number of carbonyl (C=O) groups excluding carboxylic acids is 1. The van der Waals surface area contributed by atoms with Gasteiger partial charge in [0, 0.05) is 44.3 Å². The second kappa shape index (κ2) is 7.12. The number of carbonyl (C=O) groups is 1. The second-order valence-electron chi connectivity index (χ2n) is 6.65. The third-order valence-corrected chi connectivity index (χ3v) is 4.98. The number of rotatable bonds is 4. The first-order chi connectivity index (χ1) is 12.8. The summed E-state index contributed by atoms with van der Waals surface area (Å²) in [6, 6.07) is 12.4. The quantitative estimate of drug-likeness (QED) is 0.729. The fraction of sp³-hybridized carbons (Fsp3) is 0.286. The molecule has 1 aliphatic heterocycles. The van der Waals surface area contributed by atoms with Crippen molar-refractivity contribution < 1.29 is 4.79 Å². The lowest BCUT2D eigenvalue weighted by atomic mass is 9.88. The summed E-state index contributed by atoms with van der Waals surface area (Å²) in [4.78, 5) is 23.2. The average Bonchev–Trinajstić information content (AvgIpc) is 3.15. The van der Waals surface area contributed by atoms with E-state index in [1.807, 2.05) is 42.5 Å². The van der Waals surface area contributed by atoms with Gasteiger partial charge >= 0.3 is 0 Å². The summed E-state index contributed by atoms with van der Waals surface area (Å²) in [6.45, 7) is 4.00. The van der Waals surface area contributed by atoms with E-state index in [-0.39, 0.29) is 11.8 Å². The highest BCUT2D eigenvalue weighted by molar-refractivity contribution is 5.76. The molecule has 5 heteroatoms. The van der Waals surface area contributed by atoms with Gasteiger partial charge in [-0.3, -0.25) is 9.78 Å². The number of amides is 1. The van der Waals surface area contributed by atoms with Crippen LogP contribution in [0.5, 0.6) is 0 Å². The third kappa shape index (κ3) is 3.12. The van der Waals surface area contributed by atoms with Crippen molar-refractivity contribution in [3.63, 3.8) is 0 Å². The number of aromatic nitrogens is 3. The third-order valence-electron chi connectivity index (χ3n) is 4.98. The van der Waals surface area contributed by atoms with Crippen molar-refractivity contribution in [3.8, 4) is 0 Å². The Labute approximate surface area is 153 Å². The molecule has 3 heterocycles. The lowest BCUT2D eigenvalue weighted by molar-refractivity contribution is -0.132. The molecule has 3 aromatic rings. The van der Waals surface area contributed by atoms with Crippen molar-refractivity contribution in [2.75, 3.05) is 6.54 Å². The first-order valence-corrected chi connectivity index (χ1v) is 9.01. The molecule has 0 unspecified atom stereocenters. The molecule has 0 spiro atoms. The molecular weight excluding hydrogens is 324 g/mol. The molecule has 1 amide bonds. The summed E-state index contributed by atoms with van der Waals surface area (Å²) in [7, 11) is 0. The molecule has 0 fully saturated rings. The summed E-state index contributed by atoms with van der Waals surface area (Å²) in [6.07, 6.45) is 8.04. The summed E-state index contributed by atoms with van der Waals surface area (Å²) < 4.78 is 2.17. The van der Waals surface area contributed by atoms with Crippen molar-refractivity contribution in [2.24, 2.45) is 0 Å². The molecule has 26 heavy (non-hydrogen) atoms. The Morgan fingerprint density at radius 1 is 1.19 bits per heavy atom. The first-order valence-electron chi connectivity index (χ1n) is 9.01. The lowest BCUT2D eigenvalue weighted by Crippen LogP contribution is -2.39. The molecule has 0 bridgehead atoms. The van der Waals surface area contributed by atoms with Crippen LogP contribution in [0.2, 0.25) is 0 Å². The summed E-state index contributed by atoms with van der Waals surface area (Å²) in [5.74, 6) is 1.27. The van der Waals surface area contributed by atoms with Crippen LogP contribution >= 0.6 is 0 Å². The minimum atomic E-state index is 0.0853. The van der Waals surface area contributed by atoms with Crippen molar-refractivity contribution in [1.29, 1.82) is 0 Å². The highest BCUT2D eigenvalue weighted by Crippen LogP contribution is 2.33. The standard InChI is InChI=1S/C21H22N4O/c1-2-20(26)25-14-17-7-3-4-8-18(17)19(15-25)21-23-10-11-24(21)13-16-6-5-9-22-12-16/h3-12,19H,2,13-15H2,1H3/t19-/m0/s1. The molecule has 1 aliphatic rings. The van der Waals surface area contributed by atoms with E-state index in [1.54, 1.807) is 6.20 Å². The van der Waals surface area contributed by atoms with Crippen LogP contribution in [0.15, 0.2) is 61.2 Å². The molecule has 0 radical (unpaired) electrons. The predicted molar refractivity (Wildman–Crippen MR) is 99.6 cm³/mol. The van der Waals surface area contributed by atoms with Crippen LogP contribution in [-0.4, -0.2) is 31.9 Å². The molecular formula is C21H22N4O. The van der Waals surface area contributed by atoms with Gasteiger partial charge in [-0.2, -0.15) is 0 Å². The molecule has 1 atom stereocenters. The van der Waals surface area contributed by atoms with E-state index in [1.165, 1.54) is 11.1 Å². The zero-order valence-electron chi connectivity index (χ0n) is 14.9. The Kier molecular flexibility index (Phi) is 4.52. The van der Waals surface area contributed by atoms with Crippen LogP contribution in [0.4, 0.5) is 0 Å². The van der Waals surface area contributed by atoms with Crippen molar-refractivity contribution in [2.45, 2.75) is 32.4 Å². The van der Waals surface area contributed by atoms with Gasteiger partial charge in [0.1, 0.15) is 5.82 Å². The van der Waals surface area contributed by atoms with E-state index in [9.17, 15) is 4.79 Å². The van der Waals surface area contributed by atoms with Crippen LogP contribution in [-0.2, 0) is 17.9 Å². The van der Waals surface area contributed by atoms with Crippen molar-refractivity contribution in [1.82, 2.24) is 19.4 Å². The van der Waals surface area contributed by atoms with E-state index < -0.39 is 0 Å². The van der Waals surface area contributed by atoms with Crippen LogP contribution in [0.1, 0.15) is 41.8 Å². The Hall–Kier alpha value is -2.95. The van der Waals surface area contributed by atoms with E-state index in [4.69, 9.17) is 0 Å². The molecule has 5 nitrogen and oxygen atoms in total. The smallest absolute Gasteiger partial charge is 0.222 e. The monoisotopic (exact) mass is 346 g/mol. The first kappa shape index (κ1) is 16.5. The van der Waals surface area contributed by atoms with Gasteiger partial charge in [0.15, 0.2) is 0 Å². The van der Waals surface area contributed by atoms with Crippen LogP contribution < -0.4 is 0 Å². The maximum absolute atomic E-state index is 12.4. The maximum Gasteiger partial charge on any atom is 0.222 e. The Morgan fingerprint density at radius 2 is 2.08 bits per heavy atom. The van der Waals surface area contributed by atoms with Crippen LogP contribution in [0, 0.1) is 0 Å². The Morgan fingerprint density at radius 3 is 2.88 bits per heavy atom. The fourth-order valence-corrected chi connectivity index (χ4v) is 3.69. The van der Waals surface area contributed by atoms with Gasteiger partial charge in [0.25, 0.3) is 0 Å². The minimum Gasteiger partial charge on any atom is -0.337 e. The van der Waals surface area contributed by atoms with Crippen molar-refractivity contribution >= 4 is 5.91 Å². The van der Waals surface area contributed by atoms with Gasteiger partial charge in [0.05, 0.1) is 12.5 Å². The second-order valence-corrected chi connectivity index (χ2v) is 6.65. The summed E-state index contributed by atoms with van der Waals surface area (Å²) in [5.41, 5.74) is 3.62. The number of hydrogen-bond donors (Lipinski definition) is 0. The van der Waals surface area contributed by atoms with E-state index in [2.05, 4.69) is 38.8 Å². The average molecular weight is 346 g/mol. The zero-order valence-corrected chi connectivity index (χ0v) is 14.9. The topological polar surface area (TPSA) is 51.0 Å². The molecule has 0 saturated carbocycles. The number of hydrogen-bond acceptors (Lipinski definition) is 3. The molecule has 4 rings (SSSR count). The van der Waals surface area contributed by atoms with Gasteiger partial charge in [0.2, 0.25) is 5.91 Å². The molecule has 132 valence electrons.